The monoisotopic (exact) mass is 235 g/mol. The van der Waals surface area contributed by atoms with E-state index in [-0.39, 0.29) is 5.75 Å². The van der Waals surface area contributed by atoms with E-state index >= 15 is 0 Å². The molecule has 0 saturated heterocycles. The van der Waals surface area contributed by atoms with Crippen LogP contribution in [-0.2, 0) is 27.6 Å². The molecule has 0 aliphatic heterocycles. The van der Waals surface area contributed by atoms with Crippen LogP contribution in [-0.4, -0.2) is 13.6 Å². The summed E-state index contributed by atoms with van der Waals surface area (Å²) in [6, 6.07) is 0. The van der Waals surface area contributed by atoms with Crippen LogP contribution in [0.15, 0.2) is 4.52 Å². The number of hydrogen-bond donors (Lipinski definition) is 0. The summed E-state index contributed by atoms with van der Waals surface area (Å²) in [6.45, 7) is 0. The third-order valence-corrected chi connectivity index (χ3v) is 3.29. The fourth-order valence-electron chi connectivity index (χ4n) is 1.73. The maximum absolute atomic E-state index is 10.9. The van der Waals surface area contributed by atoms with Crippen LogP contribution < -0.4 is 0 Å². The van der Waals surface area contributed by atoms with E-state index in [9.17, 15) is 8.42 Å². The summed E-state index contributed by atoms with van der Waals surface area (Å²) >= 11 is 0. The molecule has 0 atom stereocenters. The highest BCUT2D eigenvalue weighted by Gasteiger charge is 2.22. The van der Waals surface area contributed by atoms with Crippen molar-refractivity contribution in [2.24, 2.45) is 0 Å². The topological polar surface area (TPSA) is 60.2 Å². The molecule has 14 heavy (non-hydrogen) atoms. The van der Waals surface area contributed by atoms with Crippen LogP contribution in [0.1, 0.15) is 29.9 Å². The normalized spacial score (nSPS) is 16.6. The highest BCUT2D eigenvalue weighted by Crippen LogP contribution is 2.25. The van der Waals surface area contributed by atoms with E-state index in [0.717, 1.165) is 37.0 Å². The first-order valence-electron chi connectivity index (χ1n) is 4.45. The van der Waals surface area contributed by atoms with Gasteiger partial charge in [0, 0.05) is 22.7 Å². The van der Waals surface area contributed by atoms with E-state index in [1.54, 1.807) is 0 Å². The van der Waals surface area contributed by atoms with Gasteiger partial charge in [0.05, 0.1) is 0 Å². The van der Waals surface area contributed by atoms with Crippen LogP contribution in [0.5, 0.6) is 0 Å². The van der Waals surface area contributed by atoms with Gasteiger partial charge in [-0.05, 0) is 19.3 Å². The summed E-state index contributed by atoms with van der Waals surface area (Å²) < 4.78 is 26.8. The molecule has 0 amide bonds. The molecule has 0 saturated carbocycles. The first kappa shape index (κ1) is 9.98. The predicted molar refractivity (Wildman–Crippen MR) is 51.6 cm³/mol. The van der Waals surface area contributed by atoms with Crippen LogP contribution in [0.4, 0.5) is 0 Å². The van der Waals surface area contributed by atoms with Gasteiger partial charge >= 0.3 is 0 Å². The molecule has 1 heterocycles. The van der Waals surface area contributed by atoms with Crippen molar-refractivity contribution in [1.82, 2.24) is 5.16 Å². The minimum atomic E-state index is -3.53. The van der Waals surface area contributed by atoms with Crippen molar-refractivity contribution in [3.63, 3.8) is 0 Å². The number of nitrogens with zero attached hydrogens (tertiary/aromatic N) is 1. The average molecular weight is 236 g/mol. The number of rotatable bonds is 2. The minimum absolute atomic E-state index is 0.229. The highest BCUT2D eigenvalue weighted by molar-refractivity contribution is 8.13. The standard InChI is InChI=1S/C8H10ClNO3S/c9-14(11,12)5-7-6-3-1-2-4-8(6)13-10-7/h1-5H2. The minimum Gasteiger partial charge on any atom is -0.361 e. The van der Waals surface area contributed by atoms with E-state index in [0.29, 0.717) is 5.69 Å². The number of aryl methyl sites for hydroxylation is 1. The van der Waals surface area contributed by atoms with Crippen molar-refractivity contribution in [1.29, 1.82) is 0 Å². The zero-order chi connectivity index (χ0) is 10.2. The highest BCUT2D eigenvalue weighted by atomic mass is 35.7. The molecular formula is C8H10ClNO3S. The molecule has 1 aliphatic carbocycles. The molecule has 0 spiro atoms. The Balaban J connectivity index is 2.31. The quantitative estimate of drug-likeness (QED) is 0.731. The Hall–Kier alpha value is -0.550. The van der Waals surface area contributed by atoms with Crippen LogP contribution in [0.25, 0.3) is 0 Å². The third-order valence-electron chi connectivity index (χ3n) is 2.34. The van der Waals surface area contributed by atoms with Gasteiger partial charge in [-0.1, -0.05) is 5.16 Å². The molecule has 2 rings (SSSR count). The Morgan fingerprint density at radius 3 is 2.79 bits per heavy atom. The molecule has 0 fully saturated rings. The molecule has 0 radical (unpaired) electrons. The first-order valence-corrected chi connectivity index (χ1v) is 6.93. The zero-order valence-electron chi connectivity index (χ0n) is 7.49. The smallest absolute Gasteiger partial charge is 0.238 e. The number of fused-ring (bicyclic) bond motifs is 1. The van der Waals surface area contributed by atoms with Crippen molar-refractivity contribution < 1.29 is 12.9 Å². The van der Waals surface area contributed by atoms with Crippen LogP contribution in [0.3, 0.4) is 0 Å². The maximum atomic E-state index is 10.9. The van der Waals surface area contributed by atoms with Gasteiger partial charge in [-0.25, -0.2) is 8.42 Å². The van der Waals surface area contributed by atoms with E-state index in [1.165, 1.54) is 0 Å². The van der Waals surface area contributed by atoms with E-state index in [2.05, 4.69) is 5.16 Å². The Bertz CT molecular complexity index is 437. The van der Waals surface area contributed by atoms with Gasteiger partial charge in [-0.3, -0.25) is 0 Å². The summed E-state index contributed by atoms with van der Waals surface area (Å²) in [5, 5.41) is 3.74. The van der Waals surface area contributed by atoms with Gasteiger partial charge in [0.2, 0.25) is 9.05 Å². The fourth-order valence-corrected chi connectivity index (χ4v) is 2.59. The summed E-state index contributed by atoms with van der Waals surface area (Å²) in [4.78, 5) is 0. The Labute approximate surface area is 86.6 Å². The summed E-state index contributed by atoms with van der Waals surface area (Å²) in [5.41, 5.74) is 1.43. The number of halogens is 1. The van der Waals surface area contributed by atoms with Gasteiger partial charge in [0.15, 0.2) is 0 Å². The molecule has 0 aromatic carbocycles. The van der Waals surface area contributed by atoms with Gasteiger partial charge < -0.3 is 4.52 Å². The largest absolute Gasteiger partial charge is 0.361 e. The zero-order valence-corrected chi connectivity index (χ0v) is 9.07. The van der Waals surface area contributed by atoms with Gasteiger partial charge in [0.1, 0.15) is 17.2 Å². The van der Waals surface area contributed by atoms with Crippen LogP contribution >= 0.6 is 10.7 Å². The second-order valence-corrected chi connectivity index (χ2v) is 6.20. The van der Waals surface area contributed by atoms with E-state index in [4.69, 9.17) is 15.2 Å². The Kier molecular flexibility index (Phi) is 2.53. The van der Waals surface area contributed by atoms with Crippen molar-refractivity contribution in [3.8, 4) is 0 Å². The van der Waals surface area contributed by atoms with Gasteiger partial charge in [-0.15, -0.1) is 0 Å². The molecule has 6 heteroatoms. The number of aromatic nitrogens is 1. The molecule has 1 aliphatic rings. The Morgan fingerprint density at radius 2 is 2.07 bits per heavy atom. The van der Waals surface area contributed by atoms with Crippen molar-refractivity contribution in [2.45, 2.75) is 31.4 Å². The molecule has 1 aromatic rings. The van der Waals surface area contributed by atoms with Gasteiger partial charge in [-0.2, -0.15) is 0 Å². The van der Waals surface area contributed by atoms with Crippen LogP contribution in [0, 0.1) is 0 Å². The summed E-state index contributed by atoms with van der Waals surface area (Å²) in [6.07, 6.45) is 3.84. The Morgan fingerprint density at radius 1 is 1.36 bits per heavy atom. The fraction of sp³-hybridized carbons (Fsp3) is 0.625. The molecular weight excluding hydrogens is 226 g/mol. The summed E-state index contributed by atoms with van der Waals surface area (Å²) in [7, 11) is 1.63. The van der Waals surface area contributed by atoms with Crippen molar-refractivity contribution in [2.75, 3.05) is 0 Å². The maximum Gasteiger partial charge on any atom is 0.238 e. The molecule has 78 valence electrons. The van der Waals surface area contributed by atoms with E-state index < -0.39 is 9.05 Å². The molecule has 1 aromatic heterocycles. The van der Waals surface area contributed by atoms with Crippen LogP contribution in [0.2, 0.25) is 0 Å². The second kappa shape index (κ2) is 3.55. The lowest BCUT2D eigenvalue weighted by Gasteiger charge is -2.08. The lowest BCUT2D eigenvalue weighted by atomic mass is 9.97. The number of hydrogen-bond acceptors (Lipinski definition) is 4. The second-order valence-electron chi connectivity index (χ2n) is 3.42. The third kappa shape index (κ3) is 2.09. The van der Waals surface area contributed by atoms with Crippen molar-refractivity contribution in [3.05, 3.63) is 17.0 Å². The SMILES string of the molecule is O=S(=O)(Cl)Cc1noc2c1CCCC2. The predicted octanol–water partition coefficient (Wildman–Crippen LogP) is 1.62. The molecule has 4 nitrogen and oxygen atoms in total. The summed E-state index contributed by atoms with van der Waals surface area (Å²) in [5.74, 6) is 0.597. The first-order chi connectivity index (χ1) is 6.56. The van der Waals surface area contributed by atoms with Gasteiger partial charge in [0.25, 0.3) is 0 Å². The molecule has 0 N–H and O–H groups in total. The average Bonchev–Trinajstić information content (AvgIpc) is 2.47. The lowest BCUT2D eigenvalue weighted by molar-refractivity contribution is 0.369. The molecule has 0 unspecified atom stereocenters. The van der Waals surface area contributed by atoms with E-state index in [1.807, 2.05) is 0 Å². The molecule has 0 bridgehead atoms. The van der Waals surface area contributed by atoms with Crippen molar-refractivity contribution >= 4 is 19.7 Å². The lowest BCUT2D eigenvalue weighted by Crippen LogP contribution is -2.04.